The molecule has 0 spiro atoms. The molecule has 0 aliphatic rings. The lowest BCUT2D eigenvalue weighted by Crippen LogP contribution is -2.28. The van der Waals surface area contributed by atoms with Crippen LogP contribution in [0.3, 0.4) is 0 Å². The Labute approximate surface area is 172 Å². The number of hydrogen-bond acceptors (Lipinski definition) is 5. The van der Waals surface area contributed by atoms with Gasteiger partial charge in [0.25, 0.3) is 0 Å². The van der Waals surface area contributed by atoms with Gasteiger partial charge in [-0.2, -0.15) is 5.26 Å². The summed E-state index contributed by atoms with van der Waals surface area (Å²) in [6, 6.07) is 13.8. The van der Waals surface area contributed by atoms with Crippen LogP contribution in [0.2, 0.25) is 10.0 Å². The number of nitriles is 1. The Bertz CT molecular complexity index is 1030. The van der Waals surface area contributed by atoms with Crippen molar-refractivity contribution in [2.24, 2.45) is 0 Å². The lowest BCUT2D eigenvalue weighted by molar-refractivity contribution is -0.121. The van der Waals surface area contributed by atoms with Crippen molar-refractivity contribution >= 4 is 29.1 Å². The monoisotopic (exact) mass is 414 g/mol. The van der Waals surface area contributed by atoms with E-state index in [2.05, 4.69) is 15.5 Å². The zero-order valence-electron chi connectivity index (χ0n) is 14.9. The predicted molar refractivity (Wildman–Crippen MR) is 106 cm³/mol. The van der Waals surface area contributed by atoms with E-state index < -0.39 is 6.04 Å². The Kier molecular flexibility index (Phi) is 6.30. The second-order valence-corrected chi connectivity index (χ2v) is 6.92. The third-order valence-corrected chi connectivity index (χ3v) is 4.89. The lowest BCUT2D eigenvalue weighted by Gasteiger charge is -2.13. The summed E-state index contributed by atoms with van der Waals surface area (Å²) >= 11 is 12.1. The van der Waals surface area contributed by atoms with Crippen molar-refractivity contribution < 1.29 is 9.21 Å². The van der Waals surface area contributed by atoms with Crippen molar-refractivity contribution in [3.63, 3.8) is 0 Å². The first-order chi connectivity index (χ1) is 13.5. The second-order valence-electron chi connectivity index (χ2n) is 6.14. The summed E-state index contributed by atoms with van der Waals surface area (Å²) in [6.07, 6.45) is 0.345. The minimum atomic E-state index is -0.899. The summed E-state index contributed by atoms with van der Waals surface area (Å²) in [5, 5.41) is 20.5. The highest BCUT2D eigenvalue weighted by atomic mass is 35.5. The number of nitrogens with zero attached hydrogens (tertiary/aromatic N) is 3. The predicted octanol–water partition coefficient (Wildman–Crippen LogP) is 4.67. The van der Waals surface area contributed by atoms with E-state index in [1.165, 1.54) is 0 Å². The molecule has 142 valence electrons. The molecule has 1 unspecified atom stereocenters. The molecular weight excluding hydrogens is 399 g/mol. The van der Waals surface area contributed by atoms with E-state index in [0.29, 0.717) is 22.4 Å². The smallest absolute Gasteiger partial charge is 0.247 e. The van der Waals surface area contributed by atoms with E-state index in [4.69, 9.17) is 27.6 Å². The number of amides is 1. The fourth-order valence-corrected chi connectivity index (χ4v) is 2.96. The van der Waals surface area contributed by atoms with Crippen LogP contribution in [0.5, 0.6) is 0 Å². The number of carbonyl (C=O) groups is 1. The van der Waals surface area contributed by atoms with Crippen molar-refractivity contribution in [1.82, 2.24) is 15.5 Å². The van der Waals surface area contributed by atoms with E-state index >= 15 is 0 Å². The topological polar surface area (TPSA) is 91.8 Å². The van der Waals surface area contributed by atoms with Gasteiger partial charge in [-0.1, -0.05) is 53.0 Å². The molecular formula is C20H16Cl2N4O2. The maximum absolute atomic E-state index is 12.2. The summed E-state index contributed by atoms with van der Waals surface area (Å²) in [5.41, 5.74) is 2.39. The molecule has 6 nitrogen and oxygen atoms in total. The van der Waals surface area contributed by atoms with Crippen LogP contribution < -0.4 is 5.32 Å². The van der Waals surface area contributed by atoms with E-state index in [1.54, 1.807) is 18.2 Å². The summed E-state index contributed by atoms with van der Waals surface area (Å²) in [5.74, 6) is 0.411. The number of benzene rings is 2. The van der Waals surface area contributed by atoms with Gasteiger partial charge >= 0.3 is 0 Å². The van der Waals surface area contributed by atoms with Gasteiger partial charge in [-0.25, -0.2) is 0 Å². The molecule has 0 saturated carbocycles. The number of carbonyl (C=O) groups excluding carboxylic acids is 1. The normalized spacial score (nSPS) is 11.6. The SMILES string of the molecule is Cc1ccc(-c2nnc(CCC(=O)NC(C#N)c3cccc(Cl)c3Cl)o2)cc1. The number of aryl methyl sites for hydroxylation is 2. The molecule has 0 radical (unpaired) electrons. The van der Waals surface area contributed by atoms with Crippen LogP contribution in [0.25, 0.3) is 11.5 Å². The van der Waals surface area contributed by atoms with Gasteiger partial charge in [0, 0.05) is 24.0 Å². The molecule has 0 bridgehead atoms. The quantitative estimate of drug-likeness (QED) is 0.632. The fraction of sp³-hybridized carbons (Fsp3) is 0.200. The summed E-state index contributed by atoms with van der Waals surface area (Å²) in [4.78, 5) is 12.2. The number of halogens is 2. The molecule has 1 amide bonds. The van der Waals surface area contributed by atoms with Crippen LogP contribution in [-0.2, 0) is 11.2 Å². The van der Waals surface area contributed by atoms with E-state index in [1.807, 2.05) is 37.3 Å². The molecule has 1 N–H and O–H groups in total. The molecule has 0 aliphatic carbocycles. The summed E-state index contributed by atoms with van der Waals surface area (Å²) in [7, 11) is 0. The van der Waals surface area contributed by atoms with E-state index in [-0.39, 0.29) is 23.8 Å². The Morgan fingerprint density at radius 1 is 1.21 bits per heavy atom. The van der Waals surface area contributed by atoms with Crippen LogP contribution in [0.1, 0.15) is 29.5 Å². The Hall–Kier alpha value is -2.88. The molecule has 1 aromatic heterocycles. The number of nitrogens with one attached hydrogen (secondary N) is 1. The van der Waals surface area contributed by atoms with E-state index in [9.17, 15) is 10.1 Å². The van der Waals surface area contributed by atoms with Gasteiger partial charge in [0.15, 0.2) is 0 Å². The molecule has 1 atom stereocenters. The first-order valence-electron chi connectivity index (χ1n) is 8.50. The van der Waals surface area contributed by atoms with E-state index in [0.717, 1.165) is 11.1 Å². The lowest BCUT2D eigenvalue weighted by atomic mass is 10.1. The second kappa shape index (κ2) is 8.87. The minimum absolute atomic E-state index is 0.0892. The number of aromatic nitrogens is 2. The highest BCUT2D eigenvalue weighted by Crippen LogP contribution is 2.29. The minimum Gasteiger partial charge on any atom is -0.421 e. The Morgan fingerprint density at radius 3 is 2.68 bits per heavy atom. The maximum atomic E-state index is 12.2. The molecule has 3 rings (SSSR count). The molecule has 0 fully saturated rings. The number of rotatable bonds is 6. The average Bonchev–Trinajstić information content (AvgIpc) is 3.16. The summed E-state index contributed by atoms with van der Waals surface area (Å²) in [6.45, 7) is 1.99. The fourth-order valence-electron chi connectivity index (χ4n) is 2.54. The molecule has 2 aromatic carbocycles. The van der Waals surface area contributed by atoms with Gasteiger partial charge in [-0.05, 0) is 25.1 Å². The molecule has 28 heavy (non-hydrogen) atoms. The highest BCUT2D eigenvalue weighted by molar-refractivity contribution is 6.42. The average molecular weight is 415 g/mol. The van der Waals surface area contributed by atoms with Gasteiger partial charge < -0.3 is 9.73 Å². The van der Waals surface area contributed by atoms with Crippen LogP contribution in [-0.4, -0.2) is 16.1 Å². The molecule has 0 saturated heterocycles. The van der Waals surface area contributed by atoms with Crippen molar-refractivity contribution in [2.45, 2.75) is 25.8 Å². The zero-order chi connectivity index (χ0) is 20.1. The maximum Gasteiger partial charge on any atom is 0.247 e. The highest BCUT2D eigenvalue weighted by Gasteiger charge is 2.19. The van der Waals surface area contributed by atoms with Crippen molar-refractivity contribution in [3.8, 4) is 17.5 Å². The van der Waals surface area contributed by atoms with Crippen LogP contribution in [0, 0.1) is 18.3 Å². The molecule has 8 heteroatoms. The molecule has 3 aromatic rings. The first kappa shape index (κ1) is 19.9. The van der Waals surface area contributed by atoms with Crippen LogP contribution in [0.4, 0.5) is 0 Å². The molecule has 1 heterocycles. The van der Waals surface area contributed by atoms with Crippen LogP contribution in [0.15, 0.2) is 46.9 Å². The zero-order valence-corrected chi connectivity index (χ0v) is 16.5. The van der Waals surface area contributed by atoms with Crippen molar-refractivity contribution in [2.75, 3.05) is 0 Å². The van der Waals surface area contributed by atoms with Gasteiger partial charge in [-0.3, -0.25) is 4.79 Å². The Balaban J connectivity index is 1.60. The first-order valence-corrected chi connectivity index (χ1v) is 9.26. The third-order valence-electron chi connectivity index (χ3n) is 4.06. The number of hydrogen-bond donors (Lipinski definition) is 1. The van der Waals surface area contributed by atoms with Crippen molar-refractivity contribution in [3.05, 3.63) is 69.5 Å². The van der Waals surface area contributed by atoms with Crippen molar-refractivity contribution in [1.29, 1.82) is 5.26 Å². The molecule has 0 aliphatic heterocycles. The third kappa shape index (κ3) is 4.69. The Morgan fingerprint density at radius 2 is 1.96 bits per heavy atom. The summed E-state index contributed by atoms with van der Waals surface area (Å²) < 4.78 is 5.60. The standard InChI is InChI=1S/C20H16Cl2N4O2/c1-12-5-7-13(8-6-12)20-26-25-18(28-20)10-9-17(27)24-16(11-23)14-3-2-4-15(21)19(14)22/h2-8,16H,9-10H2,1H3,(H,24,27). The largest absolute Gasteiger partial charge is 0.421 e. The van der Waals surface area contributed by atoms with Gasteiger partial charge in [0.1, 0.15) is 6.04 Å². The van der Waals surface area contributed by atoms with Gasteiger partial charge in [-0.15, -0.1) is 10.2 Å². The van der Waals surface area contributed by atoms with Crippen LogP contribution >= 0.6 is 23.2 Å². The van der Waals surface area contributed by atoms with Gasteiger partial charge in [0.05, 0.1) is 16.1 Å². The van der Waals surface area contributed by atoms with Gasteiger partial charge in [0.2, 0.25) is 17.7 Å².